The lowest BCUT2D eigenvalue weighted by atomic mass is 10.2. The minimum atomic E-state index is -1.04. The van der Waals surface area contributed by atoms with Crippen molar-refractivity contribution in [2.75, 3.05) is 12.4 Å². The summed E-state index contributed by atoms with van der Waals surface area (Å²) < 4.78 is 5.11. The number of anilines is 2. The zero-order chi connectivity index (χ0) is 13.8. The fraction of sp³-hybridized carbons (Fsp3) is 0.154. The van der Waals surface area contributed by atoms with Crippen LogP contribution in [0.1, 0.15) is 16.1 Å². The van der Waals surface area contributed by atoms with Crippen LogP contribution in [0.2, 0.25) is 0 Å². The first-order valence-corrected chi connectivity index (χ1v) is 5.58. The third-order valence-corrected chi connectivity index (χ3v) is 2.54. The van der Waals surface area contributed by atoms with Gasteiger partial charge in [0.1, 0.15) is 5.75 Å². The summed E-state index contributed by atoms with van der Waals surface area (Å²) in [6, 6.07) is 7.29. The Bertz CT molecular complexity index is 614. The Morgan fingerprint density at radius 3 is 2.84 bits per heavy atom. The third-order valence-electron chi connectivity index (χ3n) is 2.54. The second-order valence-corrected chi connectivity index (χ2v) is 3.85. The standard InChI is InChI=1S/C13H13N3O3/c1-8-11(12(17)18)7-14-13(15-8)16-9-4-3-5-10(6-9)19-2/h3-7H,1-2H3,(H,17,18)(H,14,15,16). The number of aryl methyl sites for hydroxylation is 1. The molecule has 0 saturated heterocycles. The summed E-state index contributed by atoms with van der Waals surface area (Å²) in [5.41, 5.74) is 1.27. The molecule has 0 aliphatic carbocycles. The highest BCUT2D eigenvalue weighted by atomic mass is 16.5. The van der Waals surface area contributed by atoms with Gasteiger partial charge >= 0.3 is 5.97 Å². The van der Waals surface area contributed by atoms with E-state index in [9.17, 15) is 4.79 Å². The molecular weight excluding hydrogens is 246 g/mol. The maximum atomic E-state index is 10.9. The monoisotopic (exact) mass is 259 g/mol. The highest BCUT2D eigenvalue weighted by Crippen LogP contribution is 2.19. The second kappa shape index (κ2) is 5.34. The van der Waals surface area contributed by atoms with E-state index in [1.165, 1.54) is 6.20 Å². The Morgan fingerprint density at radius 2 is 2.21 bits per heavy atom. The van der Waals surface area contributed by atoms with Crippen LogP contribution in [0.15, 0.2) is 30.5 Å². The molecule has 1 heterocycles. The number of nitrogens with zero attached hydrogens (tertiary/aromatic N) is 2. The average molecular weight is 259 g/mol. The maximum absolute atomic E-state index is 10.9. The Morgan fingerprint density at radius 1 is 1.42 bits per heavy atom. The number of hydrogen-bond donors (Lipinski definition) is 2. The van der Waals surface area contributed by atoms with Gasteiger partial charge in [-0.2, -0.15) is 0 Å². The topological polar surface area (TPSA) is 84.3 Å². The van der Waals surface area contributed by atoms with Crippen LogP contribution < -0.4 is 10.1 Å². The van der Waals surface area contributed by atoms with Gasteiger partial charge in [-0.1, -0.05) is 6.07 Å². The van der Waals surface area contributed by atoms with Gasteiger partial charge in [0.15, 0.2) is 0 Å². The second-order valence-electron chi connectivity index (χ2n) is 3.85. The van der Waals surface area contributed by atoms with Crippen LogP contribution in [-0.2, 0) is 0 Å². The number of methoxy groups -OCH3 is 1. The Hall–Kier alpha value is -2.63. The van der Waals surface area contributed by atoms with E-state index in [-0.39, 0.29) is 5.56 Å². The predicted octanol–water partition coefficient (Wildman–Crippen LogP) is 2.24. The van der Waals surface area contributed by atoms with Crippen LogP contribution >= 0.6 is 0 Å². The molecule has 0 radical (unpaired) electrons. The van der Waals surface area contributed by atoms with Crippen molar-refractivity contribution < 1.29 is 14.6 Å². The molecule has 0 bridgehead atoms. The van der Waals surface area contributed by atoms with Crippen molar-refractivity contribution in [3.8, 4) is 5.75 Å². The van der Waals surface area contributed by atoms with Crippen molar-refractivity contribution >= 4 is 17.6 Å². The SMILES string of the molecule is COc1cccc(Nc2ncc(C(=O)O)c(C)n2)c1. The number of carboxylic acid groups (broad SMARTS) is 1. The van der Waals surface area contributed by atoms with Gasteiger partial charge in [-0.05, 0) is 19.1 Å². The summed E-state index contributed by atoms with van der Waals surface area (Å²) in [6.45, 7) is 1.63. The predicted molar refractivity (Wildman–Crippen MR) is 70.0 cm³/mol. The quantitative estimate of drug-likeness (QED) is 0.875. The molecule has 0 unspecified atom stereocenters. The van der Waals surface area contributed by atoms with Gasteiger partial charge in [-0.15, -0.1) is 0 Å². The molecule has 1 aromatic carbocycles. The highest BCUT2D eigenvalue weighted by Gasteiger charge is 2.09. The molecule has 0 atom stereocenters. The van der Waals surface area contributed by atoms with Crippen LogP contribution in [0, 0.1) is 6.92 Å². The van der Waals surface area contributed by atoms with Gasteiger partial charge in [0, 0.05) is 18.0 Å². The molecule has 19 heavy (non-hydrogen) atoms. The number of rotatable bonds is 4. The molecule has 0 amide bonds. The largest absolute Gasteiger partial charge is 0.497 e. The van der Waals surface area contributed by atoms with Crippen LogP contribution in [0.5, 0.6) is 5.75 Å². The summed E-state index contributed by atoms with van der Waals surface area (Å²) in [4.78, 5) is 18.9. The minimum absolute atomic E-state index is 0.0937. The zero-order valence-corrected chi connectivity index (χ0v) is 10.5. The number of carbonyl (C=O) groups is 1. The van der Waals surface area contributed by atoms with Gasteiger partial charge < -0.3 is 15.2 Å². The van der Waals surface area contributed by atoms with Gasteiger partial charge in [-0.25, -0.2) is 14.8 Å². The number of hydrogen-bond acceptors (Lipinski definition) is 5. The van der Waals surface area contributed by atoms with E-state index in [0.29, 0.717) is 17.4 Å². The fourth-order valence-corrected chi connectivity index (χ4v) is 1.57. The first kappa shape index (κ1) is 12.8. The number of aromatic carboxylic acids is 1. The third kappa shape index (κ3) is 2.98. The average Bonchev–Trinajstić information content (AvgIpc) is 2.38. The molecular formula is C13H13N3O3. The lowest BCUT2D eigenvalue weighted by Crippen LogP contribution is -2.06. The molecule has 2 N–H and O–H groups in total. The molecule has 98 valence electrons. The van der Waals surface area contributed by atoms with E-state index in [4.69, 9.17) is 9.84 Å². The highest BCUT2D eigenvalue weighted by molar-refractivity contribution is 5.88. The molecule has 6 nitrogen and oxygen atoms in total. The fourth-order valence-electron chi connectivity index (χ4n) is 1.57. The molecule has 0 aliphatic heterocycles. The molecule has 1 aromatic heterocycles. The molecule has 0 aliphatic rings. The maximum Gasteiger partial charge on any atom is 0.339 e. The van der Waals surface area contributed by atoms with Gasteiger partial charge in [-0.3, -0.25) is 0 Å². The van der Waals surface area contributed by atoms with E-state index < -0.39 is 5.97 Å². The number of carboxylic acids is 1. The van der Waals surface area contributed by atoms with E-state index in [0.717, 1.165) is 5.69 Å². The number of ether oxygens (including phenoxy) is 1. The van der Waals surface area contributed by atoms with Crippen molar-refractivity contribution in [2.45, 2.75) is 6.92 Å². The summed E-state index contributed by atoms with van der Waals surface area (Å²) in [5.74, 6) is 0.0186. The van der Waals surface area contributed by atoms with Crippen molar-refractivity contribution in [1.29, 1.82) is 0 Å². The van der Waals surface area contributed by atoms with E-state index in [2.05, 4.69) is 15.3 Å². The molecule has 6 heteroatoms. The molecule has 0 fully saturated rings. The lowest BCUT2D eigenvalue weighted by molar-refractivity contribution is 0.0695. The van der Waals surface area contributed by atoms with Crippen LogP contribution in [0.3, 0.4) is 0 Å². The molecule has 2 rings (SSSR count). The van der Waals surface area contributed by atoms with E-state index in [1.54, 1.807) is 20.1 Å². The summed E-state index contributed by atoms with van der Waals surface area (Å²) >= 11 is 0. The Kier molecular flexibility index (Phi) is 3.61. The van der Waals surface area contributed by atoms with Gasteiger partial charge in [0.2, 0.25) is 5.95 Å². The Labute approximate surface area is 110 Å². The zero-order valence-electron chi connectivity index (χ0n) is 10.5. The molecule has 0 spiro atoms. The van der Waals surface area contributed by atoms with Gasteiger partial charge in [0.05, 0.1) is 18.4 Å². The molecule has 0 saturated carbocycles. The number of benzene rings is 1. The summed E-state index contributed by atoms with van der Waals surface area (Å²) in [7, 11) is 1.58. The number of nitrogens with one attached hydrogen (secondary N) is 1. The van der Waals surface area contributed by atoms with Crippen LogP contribution in [0.25, 0.3) is 0 Å². The van der Waals surface area contributed by atoms with Crippen molar-refractivity contribution in [1.82, 2.24) is 9.97 Å². The smallest absolute Gasteiger partial charge is 0.339 e. The first-order chi connectivity index (χ1) is 9.10. The van der Waals surface area contributed by atoms with Crippen molar-refractivity contribution in [2.24, 2.45) is 0 Å². The summed E-state index contributed by atoms with van der Waals surface area (Å²) in [6.07, 6.45) is 1.28. The summed E-state index contributed by atoms with van der Waals surface area (Å²) in [5, 5.41) is 11.9. The van der Waals surface area contributed by atoms with Crippen LogP contribution in [-0.4, -0.2) is 28.2 Å². The molecule has 2 aromatic rings. The van der Waals surface area contributed by atoms with Crippen molar-refractivity contribution in [3.63, 3.8) is 0 Å². The van der Waals surface area contributed by atoms with Crippen LogP contribution in [0.4, 0.5) is 11.6 Å². The Balaban J connectivity index is 2.23. The lowest BCUT2D eigenvalue weighted by Gasteiger charge is -2.07. The van der Waals surface area contributed by atoms with Crippen molar-refractivity contribution in [3.05, 3.63) is 41.7 Å². The van der Waals surface area contributed by atoms with E-state index in [1.807, 2.05) is 18.2 Å². The minimum Gasteiger partial charge on any atom is -0.497 e. The first-order valence-electron chi connectivity index (χ1n) is 5.58. The normalized spacial score (nSPS) is 10.0. The van der Waals surface area contributed by atoms with Gasteiger partial charge in [0.25, 0.3) is 0 Å². The van der Waals surface area contributed by atoms with E-state index >= 15 is 0 Å². The number of aromatic nitrogens is 2.